The molecule has 0 bridgehead atoms. The molecule has 2 N–H and O–H groups in total. The van der Waals surface area contributed by atoms with E-state index < -0.39 is 13.7 Å². The van der Waals surface area contributed by atoms with E-state index in [0.29, 0.717) is 30.8 Å². The highest BCUT2D eigenvalue weighted by Gasteiger charge is 2.45. The summed E-state index contributed by atoms with van der Waals surface area (Å²) in [4.78, 5) is 29.6. The lowest BCUT2D eigenvalue weighted by Gasteiger charge is -2.21. The van der Waals surface area contributed by atoms with Crippen LogP contribution in [-0.4, -0.2) is 64.1 Å². The van der Waals surface area contributed by atoms with Gasteiger partial charge < -0.3 is 19.8 Å². The lowest BCUT2D eigenvalue weighted by atomic mass is 9.90. The number of hydrogen-bond acceptors (Lipinski definition) is 5. The van der Waals surface area contributed by atoms with Crippen molar-refractivity contribution in [1.82, 2.24) is 24.8 Å². The molecule has 3 aromatic heterocycles. The second-order valence-corrected chi connectivity index (χ2v) is 16.1. The van der Waals surface area contributed by atoms with Crippen molar-refractivity contribution in [2.75, 3.05) is 20.2 Å². The van der Waals surface area contributed by atoms with Crippen molar-refractivity contribution in [1.29, 1.82) is 0 Å². The van der Waals surface area contributed by atoms with Crippen LogP contribution < -0.4 is 4.84 Å². The number of rotatable bonds is 7. The monoisotopic (exact) mass is 489 g/mol. The van der Waals surface area contributed by atoms with Crippen LogP contribution in [0.1, 0.15) is 12.0 Å². The molecular weight excluding hydrogens is 458 g/mol. The molecule has 4 heterocycles. The largest absolute Gasteiger partial charge is 0.396 e. The number of pyridine rings is 1. The number of fused-ring (bicyclic) bond motifs is 1. The Labute approximate surface area is 205 Å². The van der Waals surface area contributed by atoms with E-state index in [4.69, 9.17) is 9.94 Å². The fourth-order valence-electron chi connectivity index (χ4n) is 4.45. The van der Waals surface area contributed by atoms with E-state index in [-0.39, 0.29) is 5.91 Å². The fourth-order valence-corrected chi connectivity index (χ4v) is 5.15. The van der Waals surface area contributed by atoms with Gasteiger partial charge in [-0.2, -0.15) is 0 Å². The van der Waals surface area contributed by atoms with E-state index in [2.05, 4.69) is 29.6 Å². The third-order valence-corrected chi connectivity index (χ3v) is 8.32. The quantitative estimate of drug-likeness (QED) is 0.384. The van der Waals surface area contributed by atoms with Crippen LogP contribution >= 0.6 is 0 Å². The topological polar surface area (TPSA) is 96.3 Å². The molecule has 8 nitrogen and oxygen atoms in total. The van der Waals surface area contributed by atoms with E-state index in [1.165, 1.54) is 0 Å². The summed E-state index contributed by atoms with van der Waals surface area (Å²) >= 11 is 0. The lowest BCUT2D eigenvalue weighted by molar-refractivity contribution is -0.143. The Bertz CT molecular complexity index is 1390. The first-order valence-corrected chi connectivity index (χ1v) is 15.6. The number of amides is 1. The Balaban J connectivity index is 1.55. The summed E-state index contributed by atoms with van der Waals surface area (Å²) in [6.45, 7) is 8.04. The van der Waals surface area contributed by atoms with Gasteiger partial charge in [-0.05, 0) is 35.9 Å². The minimum atomic E-state index is -1.51. The molecule has 1 aromatic carbocycles. The number of aliphatic hydroxyl groups is 1. The number of aromatic amines is 1. The van der Waals surface area contributed by atoms with Crippen molar-refractivity contribution in [2.45, 2.75) is 37.7 Å². The van der Waals surface area contributed by atoms with E-state index in [1.807, 2.05) is 42.6 Å². The van der Waals surface area contributed by atoms with Crippen molar-refractivity contribution in [3.8, 4) is 22.5 Å². The predicted octanol–water partition coefficient (Wildman–Crippen LogP) is 3.91. The van der Waals surface area contributed by atoms with Gasteiger partial charge in [0.05, 0.1) is 5.69 Å². The van der Waals surface area contributed by atoms with Crippen molar-refractivity contribution in [3.63, 3.8) is 0 Å². The Morgan fingerprint density at radius 3 is 2.77 bits per heavy atom. The Morgan fingerprint density at radius 1 is 1.20 bits per heavy atom. The number of nitrogens with zero attached hydrogens (tertiary/aromatic N) is 4. The molecular formula is C26H31N5O3Si. The summed E-state index contributed by atoms with van der Waals surface area (Å²) in [5.41, 5.74) is 3.15. The van der Waals surface area contributed by atoms with Crippen LogP contribution in [0.2, 0.25) is 25.7 Å². The first-order valence-electron chi connectivity index (χ1n) is 11.9. The van der Waals surface area contributed by atoms with Crippen molar-refractivity contribution < 1.29 is 14.7 Å². The van der Waals surface area contributed by atoms with E-state index >= 15 is 0 Å². The summed E-state index contributed by atoms with van der Waals surface area (Å²) in [5, 5.41) is 16.9. The molecule has 1 atom stereocenters. The average molecular weight is 490 g/mol. The Morgan fingerprint density at radius 2 is 2.03 bits per heavy atom. The normalized spacial score (nSPS) is 18.5. The number of carbonyl (C=O) groups is 1. The van der Waals surface area contributed by atoms with Gasteiger partial charge in [-0.15, -0.1) is 5.10 Å². The average Bonchev–Trinajstić information content (AvgIpc) is 3.51. The molecule has 0 saturated carbocycles. The molecule has 1 saturated heterocycles. The van der Waals surface area contributed by atoms with E-state index in [0.717, 1.165) is 33.9 Å². The van der Waals surface area contributed by atoms with Crippen LogP contribution in [0.25, 0.3) is 33.5 Å². The number of benzene rings is 1. The van der Waals surface area contributed by atoms with Crippen molar-refractivity contribution >= 4 is 25.0 Å². The number of aromatic nitrogens is 4. The van der Waals surface area contributed by atoms with Crippen LogP contribution in [-0.2, 0) is 10.4 Å². The first kappa shape index (κ1) is 23.3. The van der Waals surface area contributed by atoms with Crippen LogP contribution in [0, 0.1) is 0 Å². The van der Waals surface area contributed by atoms with Crippen LogP contribution in [0.15, 0.2) is 54.9 Å². The van der Waals surface area contributed by atoms with Crippen LogP contribution in [0.5, 0.6) is 0 Å². The third-order valence-electron chi connectivity index (χ3n) is 6.62. The van der Waals surface area contributed by atoms with Crippen molar-refractivity contribution in [2.24, 2.45) is 0 Å². The number of nitrogens with one attached hydrogen (secondary N) is 1. The molecule has 1 aliphatic rings. The van der Waals surface area contributed by atoms with E-state index in [9.17, 15) is 9.90 Å². The number of hydrogen-bond donors (Lipinski definition) is 2. The van der Waals surface area contributed by atoms with Gasteiger partial charge in [0.25, 0.3) is 5.91 Å². The third kappa shape index (κ3) is 4.37. The van der Waals surface area contributed by atoms with Crippen molar-refractivity contribution in [3.05, 3.63) is 60.4 Å². The molecule has 9 heteroatoms. The summed E-state index contributed by atoms with van der Waals surface area (Å²) in [7, 11) is 0.430. The minimum Gasteiger partial charge on any atom is -0.396 e. The van der Waals surface area contributed by atoms with Gasteiger partial charge in [-0.3, -0.25) is 4.79 Å². The molecule has 0 aliphatic carbocycles. The number of H-pyrrole nitrogens is 1. The molecule has 0 unspecified atom stereocenters. The SMILES string of the molecule is CN1CC[C@@](O)(c2cccc(-c3cc(-c4c[nH]c5ncccc45)n(OCC[Si](C)(C)C)n3)c2)C1=O. The summed E-state index contributed by atoms with van der Waals surface area (Å²) in [6, 6.07) is 14.4. The van der Waals surface area contributed by atoms with Gasteiger partial charge in [0.1, 0.15) is 17.9 Å². The number of likely N-dealkylation sites (tertiary alicyclic amines) is 1. The van der Waals surface area contributed by atoms with Gasteiger partial charge in [-0.25, -0.2) is 4.98 Å². The molecule has 4 aromatic rings. The van der Waals surface area contributed by atoms with Gasteiger partial charge in [0.15, 0.2) is 5.60 Å². The first-order chi connectivity index (χ1) is 16.7. The zero-order chi connectivity index (χ0) is 24.8. The summed E-state index contributed by atoms with van der Waals surface area (Å²) in [6.07, 6.45) is 4.05. The summed E-state index contributed by atoms with van der Waals surface area (Å²) in [5.74, 6) is -0.276. The predicted molar refractivity (Wildman–Crippen MR) is 139 cm³/mol. The lowest BCUT2D eigenvalue weighted by Crippen LogP contribution is -2.36. The van der Waals surface area contributed by atoms with Crippen LogP contribution in [0.4, 0.5) is 0 Å². The minimum absolute atomic E-state index is 0.276. The highest BCUT2D eigenvalue weighted by molar-refractivity contribution is 6.76. The molecule has 35 heavy (non-hydrogen) atoms. The Kier molecular flexibility index (Phi) is 5.77. The molecule has 1 amide bonds. The molecule has 1 aliphatic heterocycles. The van der Waals surface area contributed by atoms with Gasteiger partial charge in [0, 0.05) is 57.0 Å². The van der Waals surface area contributed by atoms with E-state index in [1.54, 1.807) is 29.1 Å². The number of carbonyl (C=O) groups excluding carboxylic acids is 1. The Hall–Kier alpha value is -3.43. The molecule has 0 spiro atoms. The molecule has 5 rings (SSSR count). The zero-order valence-corrected chi connectivity index (χ0v) is 21.6. The standard InChI is InChI=1S/C26H31N5O3Si/c1-30-12-10-26(33,25(30)32)19-8-5-7-18(15-19)22-16-23(31(29-22)34-13-14-35(2,3)4)21-17-28-24-20(21)9-6-11-27-24/h5-9,11,15-17,33H,10,12-14H2,1-4H3,(H,27,28)/t26-/m1/s1. The highest BCUT2D eigenvalue weighted by Crippen LogP contribution is 2.36. The maximum Gasteiger partial charge on any atom is 0.258 e. The second kappa shape index (κ2) is 8.65. The second-order valence-electron chi connectivity index (χ2n) is 10.5. The zero-order valence-electron chi connectivity index (χ0n) is 20.6. The maximum atomic E-state index is 12.6. The highest BCUT2D eigenvalue weighted by atomic mass is 28.3. The smallest absolute Gasteiger partial charge is 0.258 e. The molecule has 182 valence electrons. The fraction of sp³-hybridized carbons (Fsp3) is 0.346. The molecule has 1 fully saturated rings. The number of likely N-dealkylation sites (N-methyl/N-ethyl adjacent to an activating group) is 1. The maximum absolute atomic E-state index is 12.6. The summed E-state index contributed by atoms with van der Waals surface area (Å²) < 4.78 is 0. The van der Waals surface area contributed by atoms with Gasteiger partial charge in [0.2, 0.25) is 0 Å². The molecule has 0 radical (unpaired) electrons. The van der Waals surface area contributed by atoms with Gasteiger partial charge >= 0.3 is 0 Å². The van der Waals surface area contributed by atoms with Crippen LogP contribution in [0.3, 0.4) is 0 Å². The van der Waals surface area contributed by atoms with Gasteiger partial charge in [-0.1, -0.05) is 42.7 Å².